The van der Waals surface area contributed by atoms with E-state index in [-0.39, 0.29) is 6.54 Å². The molecule has 0 amide bonds. The Morgan fingerprint density at radius 3 is 2.82 bits per heavy atom. The number of nitrogens with zero attached hydrogens (tertiary/aromatic N) is 1. The molecule has 4 nitrogen and oxygen atoms in total. The Bertz CT molecular complexity index is 503. The van der Waals surface area contributed by atoms with Crippen LogP contribution >= 0.6 is 15.9 Å². The first kappa shape index (κ1) is 13.0. The molecule has 6 heteroatoms. The minimum absolute atomic E-state index is 0.195. The van der Waals surface area contributed by atoms with Gasteiger partial charge in [0, 0.05) is 18.4 Å². The third-order valence-electron chi connectivity index (χ3n) is 2.82. The highest BCUT2D eigenvalue weighted by Crippen LogP contribution is 2.22. The molecule has 0 bridgehead atoms. The van der Waals surface area contributed by atoms with Crippen LogP contribution in [-0.2, 0) is 15.4 Å². The van der Waals surface area contributed by atoms with Crippen molar-refractivity contribution < 1.29 is 13.5 Å². The molecule has 94 valence electrons. The van der Waals surface area contributed by atoms with Crippen molar-refractivity contribution in [3.8, 4) is 0 Å². The molecule has 1 aliphatic rings. The normalized spacial score (nSPS) is 21.9. The summed E-state index contributed by atoms with van der Waals surface area (Å²) in [5.74, 6) is 0. The molecule has 0 saturated carbocycles. The summed E-state index contributed by atoms with van der Waals surface area (Å²) in [5.41, 5.74) is 0.922. The number of rotatable bonds is 3. The van der Waals surface area contributed by atoms with Gasteiger partial charge in [-0.25, -0.2) is 8.42 Å². The molecule has 1 atom stereocenters. The van der Waals surface area contributed by atoms with Crippen LogP contribution < -0.4 is 0 Å². The standard InChI is InChI=1S/C11H14BrNO3S/c12-7-9-2-1-3-11(6-9)17(15,16)13-5-4-10(14)8-13/h1-3,6,10,14H,4-5,7-8H2/t10-/m1/s1. The van der Waals surface area contributed by atoms with Crippen molar-refractivity contribution in [2.75, 3.05) is 13.1 Å². The molecule has 17 heavy (non-hydrogen) atoms. The fourth-order valence-corrected chi connectivity index (χ4v) is 3.78. The summed E-state index contributed by atoms with van der Waals surface area (Å²) >= 11 is 3.30. The maximum atomic E-state index is 12.2. The predicted octanol–water partition coefficient (Wildman–Crippen LogP) is 1.34. The Labute approximate surface area is 109 Å². The lowest BCUT2D eigenvalue weighted by molar-refractivity contribution is 0.189. The monoisotopic (exact) mass is 319 g/mol. The molecule has 0 unspecified atom stereocenters. The first-order chi connectivity index (χ1) is 8.04. The first-order valence-electron chi connectivity index (χ1n) is 5.37. The van der Waals surface area contributed by atoms with Gasteiger partial charge in [0.1, 0.15) is 0 Å². The van der Waals surface area contributed by atoms with E-state index in [1.807, 2.05) is 6.07 Å². The Morgan fingerprint density at radius 1 is 1.47 bits per heavy atom. The van der Waals surface area contributed by atoms with Crippen LogP contribution in [0.15, 0.2) is 29.2 Å². The number of hydrogen-bond donors (Lipinski definition) is 1. The lowest BCUT2D eigenvalue weighted by Crippen LogP contribution is -2.29. The average molecular weight is 320 g/mol. The van der Waals surface area contributed by atoms with Gasteiger partial charge < -0.3 is 5.11 Å². The summed E-state index contributed by atoms with van der Waals surface area (Å²) in [6.45, 7) is 0.586. The molecule has 1 aromatic rings. The number of alkyl halides is 1. The van der Waals surface area contributed by atoms with Crippen LogP contribution in [-0.4, -0.2) is 37.0 Å². The second-order valence-corrected chi connectivity index (χ2v) is 6.59. The van der Waals surface area contributed by atoms with E-state index < -0.39 is 16.1 Å². The summed E-state index contributed by atoms with van der Waals surface area (Å²) in [4.78, 5) is 0.295. The van der Waals surface area contributed by atoms with Gasteiger partial charge in [0.15, 0.2) is 0 Å². The molecule has 1 aromatic carbocycles. The first-order valence-corrected chi connectivity index (χ1v) is 7.93. The Kier molecular flexibility index (Phi) is 3.87. The van der Waals surface area contributed by atoms with E-state index in [4.69, 9.17) is 0 Å². The minimum Gasteiger partial charge on any atom is -0.392 e. The number of β-amino-alcohol motifs (C(OH)–C–C–N with tert-alkyl or cyclic N) is 1. The van der Waals surface area contributed by atoms with Crippen molar-refractivity contribution in [2.45, 2.75) is 22.8 Å². The number of aliphatic hydroxyl groups is 1. The molecule has 0 aliphatic carbocycles. The Morgan fingerprint density at radius 2 is 2.24 bits per heavy atom. The van der Waals surface area contributed by atoms with E-state index in [0.29, 0.717) is 23.2 Å². The number of sulfonamides is 1. The molecule has 1 N–H and O–H groups in total. The maximum absolute atomic E-state index is 12.2. The fourth-order valence-electron chi connectivity index (χ4n) is 1.87. The zero-order chi connectivity index (χ0) is 12.5. The number of halogens is 1. The zero-order valence-corrected chi connectivity index (χ0v) is 11.6. The lowest BCUT2D eigenvalue weighted by Gasteiger charge is -2.16. The summed E-state index contributed by atoms with van der Waals surface area (Å²) in [6, 6.07) is 6.85. The van der Waals surface area contributed by atoms with Gasteiger partial charge in [-0.3, -0.25) is 0 Å². The molecular formula is C11H14BrNO3S. The molecule has 0 radical (unpaired) electrons. The van der Waals surface area contributed by atoms with E-state index in [9.17, 15) is 13.5 Å². The highest BCUT2D eigenvalue weighted by molar-refractivity contribution is 9.08. The third-order valence-corrected chi connectivity index (χ3v) is 5.33. The van der Waals surface area contributed by atoms with E-state index >= 15 is 0 Å². The van der Waals surface area contributed by atoms with Crippen LogP contribution in [0.3, 0.4) is 0 Å². The van der Waals surface area contributed by atoms with Crippen LogP contribution in [0.4, 0.5) is 0 Å². The molecule has 1 fully saturated rings. The number of benzene rings is 1. The molecule has 2 rings (SSSR count). The zero-order valence-electron chi connectivity index (χ0n) is 9.21. The summed E-state index contributed by atoms with van der Waals surface area (Å²) in [7, 11) is -3.45. The van der Waals surface area contributed by atoms with E-state index in [1.54, 1.807) is 18.2 Å². The summed E-state index contributed by atoms with van der Waals surface area (Å²) < 4.78 is 25.8. The minimum atomic E-state index is -3.45. The number of hydrogen-bond acceptors (Lipinski definition) is 3. The van der Waals surface area contributed by atoms with Crippen LogP contribution in [0.25, 0.3) is 0 Å². The lowest BCUT2D eigenvalue weighted by atomic mass is 10.2. The van der Waals surface area contributed by atoms with Crippen LogP contribution in [0.5, 0.6) is 0 Å². The van der Waals surface area contributed by atoms with Gasteiger partial charge in [-0.2, -0.15) is 4.31 Å². The van der Waals surface area contributed by atoms with Crippen molar-refractivity contribution in [3.63, 3.8) is 0 Å². The summed E-state index contributed by atoms with van der Waals surface area (Å²) in [5, 5.41) is 10.0. The molecule has 1 aliphatic heterocycles. The van der Waals surface area contributed by atoms with Crippen LogP contribution in [0, 0.1) is 0 Å². The SMILES string of the molecule is O=S(=O)(c1cccc(CBr)c1)N1CC[C@@H](O)C1. The largest absolute Gasteiger partial charge is 0.392 e. The summed E-state index contributed by atoms with van der Waals surface area (Å²) in [6.07, 6.45) is -0.0266. The second kappa shape index (κ2) is 5.06. The topological polar surface area (TPSA) is 57.6 Å². The van der Waals surface area contributed by atoms with E-state index in [1.165, 1.54) is 4.31 Å². The van der Waals surface area contributed by atoms with Crippen molar-refractivity contribution in [2.24, 2.45) is 0 Å². The number of aliphatic hydroxyl groups excluding tert-OH is 1. The van der Waals surface area contributed by atoms with Gasteiger partial charge in [0.05, 0.1) is 11.0 Å². The van der Waals surface area contributed by atoms with Gasteiger partial charge in [0.2, 0.25) is 10.0 Å². The van der Waals surface area contributed by atoms with Crippen molar-refractivity contribution >= 4 is 26.0 Å². The van der Waals surface area contributed by atoms with Crippen LogP contribution in [0.1, 0.15) is 12.0 Å². The van der Waals surface area contributed by atoms with Gasteiger partial charge >= 0.3 is 0 Å². The van der Waals surface area contributed by atoms with Crippen molar-refractivity contribution in [3.05, 3.63) is 29.8 Å². The Hall–Kier alpha value is -0.430. The van der Waals surface area contributed by atoms with E-state index in [0.717, 1.165) is 5.56 Å². The molecule has 0 spiro atoms. The molecule has 1 saturated heterocycles. The fraction of sp³-hybridized carbons (Fsp3) is 0.455. The highest BCUT2D eigenvalue weighted by Gasteiger charge is 2.31. The predicted molar refractivity (Wildman–Crippen MR) is 68.5 cm³/mol. The second-order valence-electron chi connectivity index (χ2n) is 4.09. The van der Waals surface area contributed by atoms with Gasteiger partial charge in [0.25, 0.3) is 0 Å². The molecule has 1 heterocycles. The molecule has 0 aromatic heterocycles. The van der Waals surface area contributed by atoms with E-state index in [2.05, 4.69) is 15.9 Å². The smallest absolute Gasteiger partial charge is 0.243 e. The van der Waals surface area contributed by atoms with Gasteiger partial charge in [-0.1, -0.05) is 28.1 Å². The molecular weight excluding hydrogens is 306 g/mol. The van der Waals surface area contributed by atoms with Crippen molar-refractivity contribution in [1.82, 2.24) is 4.31 Å². The van der Waals surface area contributed by atoms with Gasteiger partial charge in [-0.15, -0.1) is 0 Å². The maximum Gasteiger partial charge on any atom is 0.243 e. The quantitative estimate of drug-likeness (QED) is 0.855. The highest BCUT2D eigenvalue weighted by atomic mass is 79.9. The van der Waals surface area contributed by atoms with Crippen molar-refractivity contribution in [1.29, 1.82) is 0 Å². The van der Waals surface area contributed by atoms with Gasteiger partial charge in [-0.05, 0) is 24.1 Å². The Balaban J connectivity index is 2.31. The third kappa shape index (κ3) is 2.70. The van der Waals surface area contributed by atoms with Crippen LogP contribution in [0.2, 0.25) is 0 Å². The average Bonchev–Trinajstić information content (AvgIpc) is 2.76.